The fourth-order valence-corrected chi connectivity index (χ4v) is 4.23. The second-order valence-corrected chi connectivity index (χ2v) is 8.36. The number of aromatic hydroxyl groups is 2. The summed E-state index contributed by atoms with van der Waals surface area (Å²) in [5.74, 6) is 0.145. The monoisotopic (exact) mass is 441 g/mol. The number of phenolic OH excluding ortho intramolecular Hbond substituents is 2. The maximum atomic E-state index is 12.9. The smallest absolute Gasteiger partial charge is 0.235 e. The van der Waals surface area contributed by atoms with Crippen molar-refractivity contribution in [3.8, 4) is 34.1 Å². The lowest BCUT2D eigenvalue weighted by Crippen LogP contribution is -2.05. The van der Waals surface area contributed by atoms with Crippen LogP contribution in [0.5, 0.6) is 23.0 Å². The third kappa shape index (κ3) is 3.59. The van der Waals surface area contributed by atoms with Crippen molar-refractivity contribution in [3.05, 3.63) is 77.7 Å². The fourth-order valence-electron chi connectivity index (χ4n) is 4.23. The highest BCUT2D eigenvalue weighted by molar-refractivity contribution is 6.17. The van der Waals surface area contributed by atoms with Crippen LogP contribution in [0.3, 0.4) is 0 Å². The molecule has 0 saturated carbocycles. The third-order valence-corrected chi connectivity index (χ3v) is 5.60. The van der Waals surface area contributed by atoms with Crippen LogP contribution in [0.2, 0.25) is 0 Å². The lowest BCUT2D eigenvalue weighted by Gasteiger charge is -2.11. The lowest BCUT2D eigenvalue weighted by atomic mass is 9.98. The van der Waals surface area contributed by atoms with Crippen LogP contribution in [0.1, 0.15) is 29.8 Å². The second-order valence-electron chi connectivity index (χ2n) is 8.36. The number of hydrogen-bond donors (Lipinski definition) is 2. The van der Waals surface area contributed by atoms with E-state index in [2.05, 4.69) is 0 Å². The van der Waals surface area contributed by atoms with Crippen molar-refractivity contribution in [1.29, 1.82) is 0 Å². The lowest BCUT2D eigenvalue weighted by molar-refractivity contribution is 0.101. The molecule has 4 aromatic rings. The molecule has 2 N–H and O–H groups in total. The van der Waals surface area contributed by atoms with Gasteiger partial charge in [-0.3, -0.25) is 4.79 Å². The summed E-state index contributed by atoms with van der Waals surface area (Å²) in [4.78, 5) is 12.9. The molecule has 166 valence electrons. The van der Waals surface area contributed by atoms with Crippen LogP contribution in [0, 0.1) is 0 Å². The summed E-state index contributed by atoms with van der Waals surface area (Å²) in [6, 6.07) is 16.4. The van der Waals surface area contributed by atoms with Gasteiger partial charge in [0.2, 0.25) is 5.78 Å². The topological polar surface area (TPSA) is 80.9 Å². The number of rotatable bonds is 4. The van der Waals surface area contributed by atoms with Crippen LogP contribution < -0.4 is 9.47 Å². The van der Waals surface area contributed by atoms with E-state index < -0.39 is 5.78 Å². The molecule has 0 saturated heterocycles. The van der Waals surface area contributed by atoms with E-state index in [1.54, 1.807) is 6.08 Å². The zero-order valence-electron chi connectivity index (χ0n) is 18.5. The van der Waals surface area contributed by atoms with Crippen molar-refractivity contribution in [2.45, 2.75) is 20.0 Å². The van der Waals surface area contributed by atoms with Crippen molar-refractivity contribution in [3.63, 3.8) is 0 Å². The Morgan fingerprint density at radius 1 is 1.06 bits per heavy atom. The first-order valence-corrected chi connectivity index (χ1v) is 10.7. The van der Waals surface area contributed by atoms with Gasteiger partial charge in [0.15, 0.2) is 5.76 Å². The molecule has 0 radical (unpaired) electrons. The molecule has 1 aromatic heterocycles. The number of phenols is 2. The number of Topliss-reactive ketones (excluding diaryl/α,β-unsaturated/α-hetero) is 1. The number of aromatic nitrogens is 1. The van der Waals surface area contributed by atoms with Gasteiger partial charge in [-0.2, -0.15) is 0 Å². The number of benzene rings is 3. The molecular weight excluding hydrogens is 418 g/mol. The van der Waals surface area contributed by atoms with Crippen molar-refractivity contribution < 1.29 is 24.5 Å². The number of hydrogen-bond acceptors (Lipinski definition) is 5. The normalized spacial score (nSPS) is 14.2. The standard InChI is InChI=1S/C27H23NO5/c1-15(2)32-19-9-7-16(8-10-19)20-5-4-6-21-25(20)17(14-28(21)3)11-24-27(31)26-22(30)12-18(29)13-23(26)33-24/h4-15,29-30H,1-3H3. The highest BCUT2D eigenvalue weighted by Crippen LogP contribution is 2.41. The van der Waals surface area contributed by atoms with E-state index in [-0.39, 0.29) is 34.7 Å². The van der Waals surface area contributed by atoms with E-state index in [4.69, 9.17) is 9.47 Å². The van der Waals surface area contributed by atoms with Crippen LogP contribution in [0.25, 0.3) is 28.1 Å². The van der Waals surface area contributed by atoms with E-state index in [1.807, 2.05) is 74.1 Å². The van der Waals surface area contributed by atoms with Gasteiger partial charge in [-0.25, -0.2) is 0 Å². The molecule has 6 nitrogen and oxygen atoms in total. The Balaban J connectivity index is 1.61. The molecule has 0 aliphatic carbocycles. The van der Waals surface area contributed by atoms with Crippen molar-refractivity contribution in [1.82, 2.24) is 4.57 Å². The summed E-state index contributed by atoms with van der Waals surface area (Å²) in [6.07, 6.45) is 3.72. The second kappa shape index (κ2) is 7.74. The van der Waals surface area contributed by atoms with Gasteiger partial charge in [0.05, 0.1) is 6.10 Å². The molecule has 0 amide bonds. The van der Waals surface area contributed by atoms with Gasteiger partial charge in [0.1, 0.15) is 28.6 Å². The Hall–Kier alpha value is -4.19. The first kappa shape index (κ1) is 20.7. The SMILES string of the molecule is CC(C)Oc1ccc(-c2cccc3c2c(C=C2Oc4cc(O)cc(O)c4C2=O)cn3C)cc1. The Bertz CT molecular complexity index is 1430. The summed E-state index contributed by atoms with van der Waals surface area (Å²) in [6.45, 7) is 3.98. The zero-order chi connectivity index (χ0) is 23.3. The van der Waals surface area contributed by atoms with E-state index in [1.165, 1.54) is 6.07 Å². The predicted octanol–water partition coefficient (Wildman–Crippen LogP) is 5.66. The van der Waals surface area contributed by atoms with Crippen LogP contribution >= 0.6 is 0 Å². The predicted molar refractivity (Wildman–Crippen MR) is 127 cm³/mol. The van der Waals surface area contributed by atoms with Crippen molar-refractivity contribution in [2.75, 3.05) is 0 Å². The number of ketones is 1. The number of aryl methyl sites for hydroxylation is 1. The van der Waals surface area contributed by atoms with Crippen LogP contribution in [0.15, 0.2) is 66.6 Å². The van der Waals surface area contributed by atoms with E-state index >= 15 is 0 Å². The zero-order valence-corrected chi connectivity index (χ0v) is 18.5. The molecule has 3 aromatic carbocycles. The Morgan fingerprint density at radius 2 is 1.82 bits per heavy atom. The summed E-state index contributed by atoms with van der Waals surface area (Å²) in [7, 11) is 1.95. The first-order valence-electron chi connectivity index (χ1n) is 10.7. The Kier molecular flexibility index (Phi) is 4.86. The number of nitrogens with zero attached hydrogens (tertiary/aromatic N) is 1. The molecular formula is C27H23NO5. The van der Waals surface area contributed by atoms with E-state index in [0.29, 0.717) is 0 Å². The molecule has 0 atom stereocenters. The average molecular weight is 441 g/mol. The number of ether oxygens (including phenoxy) is 2. The van der Waals surface area contributed by atoms with E-state index in [0.717, 1.165) is 39.4 Å². The number of allylic oxidation sites excluding steroid dienone is 1. The van der Waals surface area contributed by atoms with Crippen LogP contribution in [-0.4, -0.2) is 26.7 Å². The molecule has 6 heteroatoms. The van der Waals surface area contributed by atoms with E-state index in [9.17, 15) is 15.0 Å². The highest BCUT2D eigenvalue weighted by Gasteiger charge is 2.31. The molecule has 0 bridgehead atoms. The molecule has 0 fully saturated rings. The number of fused-ring (bicyclic) bond motifs is 2. The minimum atomic E-state index is -0.424. The fraction of sp³-hybridized carbons (Fsp3) is 0.148. The van der Waals surface area contributed by atoms with Crippen LogP contribution in [0.4, 0.5) is 0 Å². The minimum absolute atomic E-state index is 0.0558. The third-order valence-electron chi connectivity index (χ3n) is 5.60. The Labute approximate surface area is 190 Å². The summed E-state index contributed by atoms with van der Waals surface area (Å²) < 4.78 is 13.5. The summed E-state index contributed by atoms with van der Waals surface area (Å²) >= 11 is 0. The van der Waals surface area contributed by atoms with Gasteiger partial charge in [-0.1, -0.05) is 24.3 Å². The first-order chi connectivity index (χ1) is 15.8. The van der Waals surface area contributed by atoms with Gasteiger partial charge in [0.25, 0.3) is 0 Å². The van der Waals surface area contributed by atoms with Crippen LogP contribution in [-0.2, 0) is 7.05 Å². The van der Waals surface area contributed by atoms with Gasteiger partial charge >= 0.3 is 0 Å². The largest absolute Gasteiger partial charge is 0.508 e. The molecule has 1 aliphatic rings. The molecule has 0 spiro atoms. The van der Waals surface area contributed by atoms with Gasteiger partial charge in [-0.15, -0.1) is 0 Å². The summed E-state index contributed by atoms with van der Waals surface area (Å²) in [5, 5.41) is 20.8. The number of carbonyl (C=O) groups excluding carboxylic acids is 1. The van der Waals surface area contributed by atoms with Gasteiger partial charge in [-0.05, 0) is 49.2 Å². The average Bonchev–Trinajstić information content (AvgIpc) is 3.25. The molecule has 5 rings (SSSR count). The minimum Gasteiger partial charge on any atom is -0.508 e. The van der Waals surface area contributed by atoms with Gasteiger partial charge in [0, 0.05) is 41.8 Å². The molecule has 0 unspecified atom stereocenters. The molecule has 1 aliphatic heterocycles. The highest BCUT2D eigenvalue weighted by atomic mass is 16.5. The number of carbonyl (C=O) groups is 1. The van der Waals surface area contributed by atoms with Crippen molar-refractivity contribution in [2.24, 2.45) is 7.05 Å². The summed E-state index contributed by atoms with van der Waals surface area (Å²) in [5.41, 5.74) is 3.91. The Morgan fingerprint density at radius 3 is 2.55 bits per heavy atom. The quantitative estimate of drug-likeness (QED) is 0.400. The maximum absolute atomic E-state index is 12.9. The molecule has 33 heavy (non-hydrogen) atoms. The van der Waals surface area contributed by atoms with Crippen molar-refractivity contribution >= 4 is 22.8 Å². The molecule has 2 heterocycles. The van der Waals surface area contributed by atoms with Gasteiger partial charge < -0.3 is 24.3 Å². The maximum Gasteiger partial charge on any atom is 0.235 e.